The Morgan fingerprint density at radius 1 is 1.27 bits per heavy atom. The van der Waals surface area contributed by atoms with Crippen molar-refractivity contribution >= 4 is 19.0 Å². The summed E-state index contributed by atoms with van der Waals surface area (Å²) in [7, 11) is 1.30. The lowest BCUT2D eigenvalue weighted by atomic mass is 10.5. The molecule has 0 aliphatic carbocycles. The van der Waals surface area contributed by atoms with Gasteiger partial charge in [-0.15, -0.1) is 12.3 Å². The van der Waals surface area contributed by atoms with E-state index in [0.717, 1.165) is 9.52 Å². The normalized spacial score (nSPS) is 13.2. The van der Waals surface area contributed by atoms with E-state index in [2.05, 4.69) is 20.4 Å². The Hall–Kier alpha value is 0.134. The third kappa shape index (κ3) is 6.53. The van der Waals surface area contributed by atoms with Gasteiger partial charge in [0.05, 0.1) is 19.0 Å². The molecule has 4 radical (unpaired) electrons. The van der Waals surface area contributed by atoms with Gasteiger partial charge in [-0.1, -0.05) is 13.8 Å². The Morgan fingerprint density at radius 2 is 1.73 bits per heavy atom. The lowest BCUT2D eigenvalue weighted by molar-refractivity contribution is 0.163. The van der Waals surface area contributed by atoms with E-state index in [1.165, 1.54) is 0 Å². The number of hydrogen-bond acceptors (Lipinski definition) is 1. The van der Waals surface area contributed by atoms with E-state index in [1.807, 2.05) is 19.5 Å². The average Bonchev–Trinajstić information content (AvgIpc) is 1.55. The van der Waals surface area contributed by atoms with Gasteiger partial charge in [-0.3, -0.25) is 0 Å². The molecule has 1 N–H and O–H groups in total. The molecule has 0 bridgehead atoms. The standard InChI is InChI=1S/C8H16OSi2/c1-6-10-8(4,5)11-7(2,3)9/h6,9H,1H2,2-5H3. The molecule has 0 aromatic rings. The van der Waals surface area contributed by atoms with Gasteiger partial charge in [-0.05, 0) is 18.5 Å². The SMILES string of the molecule is C=C[Si]C(C)(C)[Si]C(C)(C)O. The van der Waals surface area contributed by atoms with Crippen LogP contribution in [0.2, 0.25) is 4.66 Å². The monoisotopic (exact) mass is 184 g/mol. The van der Waals surface area contributed by atoms with Crippen molar-refractivity contribution in [1.29, 1.82) is 0 Å². The molecule has 0 spiro atoms. The molecule has 0 unspecified atom stereocenters. The molecule has 0 atom stereocenters. The van der Waals surface area contributed by atoms with Crippen molar-refractivity contribution in [3.63, 3.8) is 0 Å². The van der Waals surface area contributed by atoms with Gasteiger partial charge < -0.3 is 5.11 Å². The second-order valence-electron chi connectivity index (χ2n) is 3.66. The molecule has 0 rings (SSSR count). The quantitative estimate of drug-likeness (QED) is 0.655. The Morgan fingerprint density at radius 3 is 2.00 bits per heavy atom. The Balaban J connectivity index is 4.00. The van der Waals surface area contributed by atoms with Crippen LogP contribution in [0.25, 0.3) is 0 Å². The summed E-state index contributed by atoms with van der Waals surface area (Å²) in [6, 6.07) is 0. The summed E-state index contributed by atoms with van der Waals surface area (Å²) in [6.45, 7) is 11.8. The zero-order chi connectivity index (χ0) is 9.12. The molecular weight excluding hydrogens is 168 g/mol. The molecule has 0 aromatic heterocycles. The molecule has 11 heavy (non-hydrogen) atoms. The molecule has 1 nitrogen and oxygen atoms in total. The smallest absolute Gasteiger partial charge is 0.0844 e. The minimum atomic E-state index is -0.528. The van der Waals surface area contributed by atoms with Gasteiger partial charge in [0.1, 0.15) is 0 Å². The fourth-order valence-corrected chi connectivity index (χ4v) is 4.61. The highest BCUT2D eigenvalue weighted by Gasteiger charge is 2.27. The first kappa shape index (κ1) is 11.1. The van der Waals surface area contributed by atoms with Crippen LogP contribution in [0.1, 0.15) is 27.7 Å². The molecule has 0 saturated heterocycles. The summed E-state index contributed by atoms with van der Waals surface area (Å²) in [5.41, 5.74) is 1.94. The maximum atomic E-state index is 9.56. The van der Waals surface area contributed by atoms with Gasteiger partial charge in [-0.2, -0.15) is 0 Å². The molecule has 0 saturated carbocycles. The van der Waals surface area contributed by atoms with Crippen molar-refractivity contribution in [2.45, 2.75) is 37.6 Å². The molecule has 0 aliphatic heterocycles. The Kier molecular flexibility index (Phi) is 3.74. The van der Waals surface area contributed by atoms with Gasteiger partial charge in [0, 0.05) is 5.22 Å². The maximum Gasteiger partial charge on any atom is 0.0844 e. The predicted molar refractivity (Wildman–Crippen MR) is 52.0 cm³/mol. The van der Waals surface area contributed by atoms with Gasteiger partial charge in [-0.25, -0.2) is 0 Å². The van der Waals surface area contributed by atoms with Crippen molar-refractivity contribution < 1.29 is 5.11 Å². The van der Waals surface area contributed by atoms with E-state index in [0.29, 0.717) is 9.52 Å². The van der Waals surface area contributed by atoms with Crippen LogP contribution in [-0.2, 0) is 0 Å². The molecule has 0 amide bonds. The minimum absolute atomic E-state index is 0.222. The molecule has 0 aromatic carbocycles. The fourth-order valence-electron chi connectivity index (χ4n) is 1.06. The Bertz CT molecular complexity index is 136. The highest BCUT2D eigenvalue weighted by molar-refractivity contribution is 6.65. The maximum absolute atomic E-state index is 9.56. The van der Waals surface area contributed by atoms with Crippen molar-refractivity contribution in [2.75, 3.05) is 0 Å². The van der Waals surface area contributed by atoms with Crippen LogP contribution in [0.15, 0.2) is 12.3 Å². The molecular formula is C8H16OSi2. The fraction of sp³-hybridized carbons (Fsp3) is 0.750. The van der Waals surface area contributed by atoms with Crippen LogP contribution in [0.3, 0.4) is 0 Å². The first-order valence-corrected chi connectivity index (χ1v) is 5.75. The average molecular weight is 184 g/mol. The molecule has 0 heterocycles. The largest absolute Gasteiger partial charge is 0.395 e. The second kappa shape index (κ2) is 3.69. The van der Waals surface area contributed by atoms with Crippen molar-refractivity contribution in [1.82, 2.24) is 0 Å². The van der Waals surface area contributed by atoms with Gasteiger partial charge in [0.25, 0.3) is 0 Å². The summed E-state index contributed by atoms with van der Waals surface area (Å²) < 4.78 is 0.222. The summed E-state index contributed by atoms with van der Waals surface area (Å²) in [4.78, 5) is 0. The second-order valence-corrected chi connectivity index (χ2v) is 8.83. The first-order valence-electron chi connectivity index (χ1n) is 3.67. The van der Waals surface area contributed by atoms with E-state index in [9.17, 15) is 5.11 Å². The van der Waals surface area contributed by atoms with E-state index in [4.69, 9.17) is 0 Å². The lowest BCUT2D eigenvalue weighted by Gasteiger charge is -2.28. The van der Waals surface area contributed by atoms with E-state index in [1.54, 1.807) is 0 Å². The summed E-state index contributed by atoms with van der Waals surface area (Å²) in [6.07, 6.45) is 0. The zero-order valence-corrected chi connectivity index (χ0v) is 9.73. The van der Waals surface area contributed by atoms with E-state index < -0.39 is 5.22 Å². The molecule has 3 heteroatoms. The molecule has 0 fully saturated rings. The summed E-state index contributed by atoms with van der Waals surface area (Å²) in [5, 5.41) is 9.03. The van der Waals surface area contributed by atoms with Gasteiger partial charge in [0.15, 0.2) is 0 Å². The van der Waals surface area contributed by atoms with Crippen LogP contribution in [0, 0.1) is 0 Å². The lowest BCUT2D eigenvalue weighted by Crippen LogP contribution is -2.37. The Labute approximate surface area is 74.5 Å². The van der Waals surface area contributed by atoms with E-state index >= 15 is 0 Å². The number of aliphatic hydroxyl groups is 1. The highest BCUT2D eigenvalue weighted by Crippen LogP contribution is 2.24. The van der Waals surface area contributed by atoms with Crippen molar-refractivity contribution in [2.24, 2.45) is 0 Å². The number of hydrogen-bond donors (Lipinski definition) is 1. The summed E-state index contributed by atoms with van der Waals surface area (Å²) in [5.74, 6) is 0. The first-order chi connectivity index (χ1) is 4.77. The molecule has 62 valence electrons. The number of rotatable bonds is 4. The van der Waals surface area contributed by atoms with E-state index in [-0.39, 0.29) is 4.66 Å². The van der Waals surface area contributed by atoms with Gasteiger partial charge >= 0.3 is 0 Å². The van der Waals surface area contributed by atoms with Crippen LogP contribution in [0.5, 0.6) is 0 Å². The third-order valence-corrected chi connectivity index (χ3v) is 4.05. The molecule has 0 aliphatic rings. The van der Waals surface area contributed by atoms with Crippen LogP contribution < -0.4 is 0 Å². The van der Waals surface area contributed by atoms with Crippen molar-refractivity contribution in [3.8, 4) is 0 Å². The zero-order valence-electron chi connectivity index (χ0n) is 7.73. The van der Waals surface area contributed by atoms with Crippen molar-refractivity contribution in [3.05, 3.63) is 12.3 Å². The summed E-state index contributed by atoms with van der Waals surface area (Å²) >= 11 is 0. The van der Waals surface area contributed by atoms with Crippen LogP contribution in [-0.4, -0.2) is 29.4 Å². The van der Waals surface area contributed by atoms with Crippen LogP contribution in [0.4, 0.5) is 0 Å². The minimum Gasteiger partial charge on any atom is -0.395 e. The van der Waals surface area contributed by atoms with Crippen LogP contribution >= 0.6 is 0 Å². The highest BCUT2D eigenvalue weighted by atomic mass is 28.3. The third-order valence-electron chi connectivity index (χ3n) is 1.08. The predicted octanol–water partition coefficient (Wildman–Crippen LogP) is 1.42. The topological polar surface area (TPSA) is 20.2 Å². The van der Waals surface area contributed by atoms with Gasteiger partial charge in [0.2, 0.25) is 0 Å².